The molecular formula is C15H23F2N4O2S2+. The summed E-state index contributed by atoms with van der Waals surface area (Å²) in [6, 6.07) is 2.48. The fraction of sp³-hybridized carbons (Fsp3) is 0.533. The van der Waals surface area contributed by atoms with Gasteiger partial charge in [0.1, 0.15) is 16.5 Å². The molecule has 0 aliphatic carbocycles. The van der Waals surface area contributed by atoms with Crippen molar-refractivity contribution in [3.05, 3.63) is 29.8 Å². The molecule has 1 heterocycles. The van der Waals surface area contributed by atoms with E-state index in [1.165, 1.54) is 9.21 Å². The van der Waals surface area contributed by atoms with Crippen LogP contribution < -0.4 is 10.2 Å². The monoisotopic (exact) mass is 393 g/mol. The van der Waals surface area contributed by atoms with E-state index in [1.54, 1.807) is 0 Å². The van der Waals surface area contributed by atoms with Crippen molar-refractivity contribution >= 4 is 27.4 Å². The first-order valence-electron chi connectivity index (χ1n) is 7.99. The second kappa shape index (κ2) is 8.35. The summed E-state index contributed by atoms with van der Waals surface area (Å²) in [5.41, 5.74) is 0. The summed E-state index contributed by atoms with van der Waals surface area (Å²) in [4.78, 5) is 2.69. The highest BCUT2D eigenvalue weighted by Crippen LogP contribution is 2.21. The molecule has 1 aliphatic rings. The molecule has 6 nitrogen and oxygen atoms in total. The summed E-state index contributed by atoms with van der Waals surface area (Å²) in [6.45, 7) is 2.88. The maximum Gasteiger partial charge on any atom is 0.246 e. The summed E-state index contributed by atoms with van der Waals surface area (Å²) in [7, 11) is 0.100. The van der Waals surface area contributed by atoms with Crippen molar-refractivity contribution < 1.29 is 22.1 Å². The maximum absolute atomic E-state index is 13.8. The number of sulfonamides is 1. The lowest BCUT2D eigenvalue weighted by molar-refractivity contribution is -0.856. The summed E-state index contributed by atoms with van der Waals surface area (Å²) in [6.07, 6.45) is 0. The molecule has 0 aromatic heterocycles. The third-order valence-electron chi connectivity index (χ3n) is 3.94. The van der Waals surface area contributed by atoms with Gasteiger partial charge < -0.3 is 15.1 Å². The maximum atomic E-state index is 13.8. The van der Waals surface area contributed by atoms with Crippen molar-refractivity contribution in [2.75, 3.05) is 53.4 Å². The molecule has 1 aromatic rings. The van der Waals surface area contributed by atoms with Gasteiger partial charge in [0, 0.05) is 32.2 Å². The number of nitrogens with one attached hydrogen (secondary N) is 2. The quantitative estimate of drug-likeness (QED) is 0.648. The van der Waals surface area contributed by atoms with Crippen LogP contribution in [0.4, 0.5) is 8.78 Å². The van der Waals surface area contributed by atoms with E-state index >= 15 is 0 Å². The van der Waals surface area contributed by atoms with E-state index < -0.39 is 26.6 Å². The summed E-state index contributed by atoms with van der Waals surface area (Å²) in [5.74, 6) is -1.89. The number of quaternary nitrogens is 1. The number of nitrogens with zero attached hydrogens (tertiary/aromatic N) is 2. The molecule has 25 heavy (non-hydrogen) atoms. The molecule has 0 bridgehead atoms. The summed E-state index contributed by atoms with van der Waals surface area (Å²) < 4.78 is 53.1. The lowest BCUT2D eigenvalue weighted by Gasteiger charge is -2.35. The number of benzene rings is 1. The zero-order valence-electron chi connectivity index (χ0n) is 14.3. The predicted octanol–water partition coefficient (Wildman–Crippen LogP) is -0.710. The van der Waals surface area contributed by atoms with Gasteiger partial charge in [0.2, 0.25) is 10.0 Å². The highest BCUT2D eigenvalue weighted by molar-refractivity contribution is 7.89. The average molecular weight is 394 g/mol. The molecule has 0 saturated carbocycles. The van der Waals surface area contributed by atoms with Crippen LogP contribution in [0.25, 0.3) is 0 Å². The normalized spacial score (nSPS) is 16.3. The van der Waals surface area contributed by atoms with E-state index in [1.807, 2.05) is 19.0 Å². The fourth-order valence-electron chi connectivity index (χ4n) is 2.49. The van der Waals surface area contributed by atoms with Gasteiger partial charge in [0.15, 0.2) is 5.11 Å². The predicted molar refractivity (Wildman–Crippen MR) is 95.0 cm³/mol. The van der Waals surface area contributed by atoms with Crippen molar-refractivity contribution in [3.63, 3.8) is 0 Å². The van der Waals surface area contributed by atoms with Gasteiger partial charge in [0.05, 0.1) is 27.2 Å². The highest BCUT2D eigenvalue weighted by atomic mass is 32.2. The van der Waals surface area contributed by atoms with Crippen LogP contribution in [0.1, 0.15) is 0 Å². The highest BCUT2D eigenvalue weighted by Gasteiger charge is 2.31. The Balaban J connectivity index is 1.96. The molecular weight excluding hydrogens is 370 g/mol. The van der Waals surface area contributed by atoms with Gasteiger partial charge in [-0.25, -0.2) is 17.2 Å². The summed E-state index contributed by atoms with van der Waals surface area (Å²) in [5, 5.41) is 3.74. The van der Waals surface area contributed by atoms with E-state index in [9.17, 15) is 17.2 Å². The van der Waals surface area contributed by atoms with Gasteiger partial charge in [0.25, 0.3) is 0 Å². The standard InChI is InChI=1S/C15H22F2N4O2S2/c1-19(2)6-5-18-15(24)20-7-9-21(10-8-20)25(22,23)14-4-3-12(16)11-13(14)17/h3-4,11H,5-10H2,1-2H3,(H,18,24)/p+1. The Hall–Kier alpha value is -1.36. The Morgan fingerprint density at radius 3 is 2.44 bits per heavy atom. The lowest BCUT2D eigenvalue weighted by Crippen LogP contribution is -3.06. The molecule has 0 atom stereocenters. The van der Waals surface area contributed by atoms with Crippen LogP contribution >= 0.6 is 12.2 Å². The van der Waals surface area contributed by atoms with Crippen molar-refractivity contribution in [2.24, 2.45) is 0 Å². The van der Waals surface area contributed by atoms with Crippen LogP contribution in [0.5, 0.6) is 0 Å². The first-order chi connectivity index (χ1) is 11.7. The minimum atomic E-state index is -3.99. The number of hydrogen-bond donors (Lipinski definition) is 2. The molecule has 0 amide bonds. The minimum absolute atomic E-state index is 0.194. The number of hydrogen-bond acceptors (Lipinski definition) is 3. The molecule has 2 N–H and O–H groups in total. The van der Waals surface area contributed by atoms with Crippen molar-refractivity contribution in [1.29, 1.82) is 0 Å². The van der Waals surface area contributed by atoms with Gasteiger partial charge in [-0.2, -0.15) is 4.31 Å². The minimum Gasteiger partial charge on any atom is -0.357 e. The Bertz CT molecular complexity index is 720. The van der Waals surface area contributed by atoms with Crippen LogP contribution in [0.3, 0.4) is 0 Å². The second-order valence-corrected chi connectivity index (χ2v) is 8.45. The molecule has 1 aliphatic heterocycles. The van der Waals surface area contributed by atoms with Crippen LogP contribution in [0, 0.1) is 11.6 Å². The SMILES string of the molecule is C[NH+](C)CCNC(=S)N1CCN(S(=O)(=O)c2ccc(F)cc2F)CC1. The van der Waals surface area contributed by atoms with Crippen LogP contribution in [-0.2, 0) is 10.0 Å². The third-order valence-corrected chi connectivity index (χ3v) is 6.27. The van der Waals surface area contributed by atoms with Crippen molar-refractivity contribution in [3.8, 4) is 0 Å². The first kappa shape index (κ1) is 20.0. The van der Waals surface area contributed by atoms with Crippen LogP contribution in [-0.4, -0.2) is 76.1 Å². The number of thiocarbonyl (C=S) groups is 1. The van der Waals surface area contributed by atoms with Crippen molar-refractivity contribution in [2.45, 2.75) is 4.90 Å². The zero-order valence-corrected chi connectivity index (χ0v) is 15.9. The molecule has 1 aromatic carbocycles. The number of piperazine rings is 1. The molecule has 1 saturated heterocycles. The molecule has 0 spiro atoms. The molecule has 140 valence electrons. The van der Waals surface area contributed by atoms with Gasteiger partial charge in [-0.1, -0.05) is 0 Å². The van der Waals surface area contributed by atoms with Crippen LogP contribution in [0.2, 0.25) is 0 Å². The van der Waals surface area contributed by atoms with E-state index in [2.05, 4.69) is 5.32 Å². The van der Waals surface area contributed by atoms with Crippen LogP contribution in [0.15, 0.2) is 23.1 Å². The fourth-order valence-corrected chi connectivity index (χ4v) is 4.24. The molecule has 2 rings (SSSR count). The number of halogens is 2. The largest absolute Gasteiger partial charge is 0.357 e. The van der Waals surface area contributed by atoms with E-state index in [0.717, 1.165) is 25.2 Å². The Morgan fingerprint density at radius 1 is 1.24 bits per heavy atom. The molecule has 1 fully saturated rings. The van der Waals surface area contributed by atoms with E-state index in [-0.39, 0.29) is 13.1 Å². The smallest absolute Gasteiger partial charge is 0.246 e. The Labute approximate surface area is 152 Å². The van der Waals surface area contributed by atoms with Gasteiger partial charge in [-0.05, 0) is 24.4 Å². The Morgan fingerprint density at radius 2 is 1.88 bits per heavy atom. The lowest BCUT2D eigenvalue weighted by atomic mass is 10.3. The number of likely N-dealkylation sites (N-methyl/N-ethyl adjacent to an activating group) is 1. The zero-order chi connectivity index (χ0) is 18.6. The van der Waals surface area contributed by atoms with E-state index in [4.69, 9.17) is 12.2 Å². The second-order valence-electron chi connectivity index (χ2n) is 6.15. The topological polar surface area (TPSA) is 57.1 Å². The van der Waals surface area contributed by atoms with Gasteiger partial charge in [-0.3, -0.25) is 0 Å². The average Bonchev–Trinajstić information content (AvgIpc) is 2.54. The first-order valence-corrected chi connectivity index (χ1v) is 9.83. The molecule has 0 radical (unpaired) electrons. The molecule has 0 unspecified atom stereocenters. The van der Waals surface area contributed by atoms with E-state index in [0.29, 0.717) is 24.3 Å². The van der Waals surface area contributed by atoms with Gasteiger partial charge in [-0.15, -0.1) is 0 Å². The van der Waals surface area contributed by atoms with Gasteiger partial charge >= 0.3 is 0 Å². The third kappa shape index (κ3) is 5.06. The van der Waals surface area contributed by atoms with Crippen molar-refractivity contribution in [1.82, 2.24) is 14.5 Å². The molecule has 10 heteroatoms. The number of rotatable bonds is 5. The Kier molecular flexibility index (Phi) is 6.66. The summed E-state index contributed by atoms with van der Waals surface area (Å²) >= 11 is 5.32.